The number of hydrogen-bond acceptors (Lipinski definition) is 1. The molecule has 0 bridgehead atoms. The summed E-state index contributed by atoms with van der Waals surface area (Å²) < 4.78 is 0. The van der Waals surface area contributed by atoms with Crippen LogP contribution in [-0.4, -0.2) is 13.1 Å². The van der Waals surface area contributed by atoms with Gasteiger partial charge in [0.05, 0.1) is 0 Å². The number of unbranched alkanes of at least 4 members (excludes halogenated alkanes) is 1. The van der Waals surface area contributed by atoms with Crippen molar-refractivity contribution in [2.24, 2.45) is 0 Å². The predicted octanol–water partition coefficient (Wildman–Crippen LogP) is 3.54. The van der Waals surface area contributed by atoms with Gasteiger partial charge in [-0.3, -0.25) is 0 Å². The third kappa shape index (κ3) is 2.90. The van der Waals surface area contributed by atoms with Gasteiger partial charge in [0, 0.05) is 0 Å². The second-order valence-electron chi connectivity index (χ2n) is 4.40. The second kappa shape index (κ2) is 5.03. The summed E-state index contributed by atoms with van der Waals surface area (Å²) in [5.74, 6) is 0. The lowest BCUT2D eigenvalue weighted by molar-refractivity contribution is 0.485. The molecule has 0 unspecified atom stereocenters. The molecule has 74 valence electrons. The van der Waals surface area contributed by atoms with E-state index in [9.17, 15) is 4.80 Å². The van der Waals surface area contributed by atoms with E-state index < -0.39 is 8.32 Å². The quantitative estimate of drug-likeness (QED) is 0.654. The van der Waals surface area contributed by atoms with Gasteiger partial charge in [-0.15, -0.1) is 0 Å². The van der Waals surface area contributed by atoms with Gasteiger partial charge in [-0.05, 0) is 17.1 Å². The van der Waals surface area contributed by atoms with Crippen LogP contribution in [0.4, 0.5) is 0 Å². The van der Waals surface area contributed by atoms with Gasteiger partial charge in [0.25, 0.3) is 0 Å². The van der Waals surface area contributed by atoms with E-state index in [4.69, 9.17) is 0 Å². The van der Waals surface area contributed by atoms with Crippen LogP contribution in [0.25, 0.3) is 0 Å². The van der Waals surface area contributed by atoms with Crippen LogP contribution in [0.2, 0.25) is 17.1 Å². The number of hydrogen-bond donors (Lipinski definition) is 1. The highest BCUT2D eigenvalue weighted by Gasteiger charge is 2.37. The normalized spacial score (nSPS) is 13.0. The van der Waals surface area contributed by atoms with Gasteiger partial charge in [0.1, 0.15) is 0 Å². The van der Waals surface area contributed by atoms with Crippen LogP contribution in [0.3, 0.4) is 0 Å². The zero-order valence-electron chi connectivity index (χ0n) is 9.22. The summed E-state index contributed by atoms with van der Waals surface area (Å²) in [7, 11) is -1.93. The summed E-state index contributed by atoms with van der Waals surface area (Å²) in [5, 5.41) is 0. The average Bonchev–Trinajstić information content (AvgIpc) is 1.99. The lowest BCUT2D eigenvalue weighted by atomic mass is 10.4. The summed E-state index contributed by atoms with van der Waals surface area (Å²) in [4.78, 5) is 10.4. The maximum absolute atomic E-state index is 10.4. The minimum absolute atomic E-state index is 0.504. The van der Waals surface area contributed by atoms with Gasteiger partial charge in [-0.1, -0.05) is 47.5 Å². The third-order valence-corrected chi connectivity index (χ3v) is 8.08. The van der Waals surface area contributed by atoms with Crippen molar-refractivity contribution in [3.63, 3.8) is 0 Å². The van der Waals surface area contributed by atoms with Crippen molar-refractivity contribution in [2.75, 3.05) is 0 Å². The van der Waals surface area contributed by atoms with E-state index in [0.29, 0.717) is 11.1 Å². The zero-order chi connectivity index (χ0) is 9.78. The predicted molar refractivity (Wildman–Crippen MR) is 57.9 cm³/mol. The van der Waals surface area contributed by atoms with Gasteiger partial charge >= 0.3 is 0 Å². The molecule has 0 amide bonds. The van der Waals surface area contributed by atoms with Crippen LogP contribution >= 0.6 is 0 Å². The first-order valence-corrected chi connectivity index (χ1v) is 7.48. The first kappa shape index (κ1) is 12.2. The molecule has 0 saturated heterocycles. The van der Waals surface area contributed by atoms with Crippen molar-refractivity contribution in [2.45, 2.75) is 64.6 Å². The molecule has 0 fully saturated rings. The van der Waals surface area contributed by atoms with Crippen molar-refractivity contribution < 1.29 is 4.80 Å². The molecule has 0 radical (unpaired) electrons. The SMILES string of the molecule is CCCC[Si](O)(C(C)C)C(C)C. The van der Waals surface area contributed by atoms with Crippen molar-refractivity contribution in [1.82, 2.24) is 0 Å². The molecule has 0 saturated carbocycles. The summed E-state index contributed by atoms with van der Waals surface area (Å²) in [6.07, 6.45) is 2.40. The van der Waals surface area contributed by atoms with E-state index in [1.807, 2.05) is 0 Å². The molecule has 0 heterocycles. The van der Waals surface area contributed by atoms with E-state index in [0.717, 1.165) is 6.04 Å². The molecule has 0 rings (SSSR count). The maximum Gasteiger partial charge on any atom is 0.193 e. The minimum atomic E-state index is -1.93. The molecule has 1 N–H and O–H groups in total. The lowest BCUT2D eigenvalue weighted by Gasteiger charge is -2.33. The Balaban J connectivity index is 4.19. The van der Waals surface area contributed by atoms with Crippen molar-refractivity contribution in [3.05, 3.63) is 0 Å². The van der Waals surface area contributed by atoms with E-state index >= 15 is 0 Å². The fraction of sp³-hybridized carbons (Fsp3) is 1.00. The Labute approximate surface area is 78.3 Å². The Kier molecular flexibility index (Phi) is 5.10. The van der Waals surface area contributed by atoms with Crippen LogP contribution in [0.5, 0.6) is 0 Å². The maximum atomic E-state index is 10.4. The second-order valence-corrected chi connectivity index (χ2v) is 9.20. The fourth-order valence-electron chi connectivity index (χ4n) is 1.70. The van der Waals surface area contributed by atoms with Crippen molar-refractivity contribution in [3.8, 4) is 0 Å². The molecule has 0 aromatic carbocycles. The monoisotopic (exact) mass is 188 g/mol. The largest absolute Gasteiger partial charge is 0.431 e. The molecular weight excluding hydrogens is 164 g/mol. The molecule has 0 aromatic rings. The third-order valence-electron chi connectivity index (χ3n) is 2.93. The van der Waals surface area contributed by atoms with E-state index in [1.54, 1.807) is 0 Å². The Hall–Kier alpha value is 0.177. The molecule has 0 aliphatic rings. The Morgan fingerprint density at radius 3 is 1.75 bits per heavy atom. The average molecular weight is 188 g/mol. The van der Waals surface area contributed by atoms with Crippen molar-refractivity contribution >= 4 is 8.32 Å². The van der Waals surface area contributed by atoms with E-state index in [-0.39, 0.29) is 0 Å². The van der Waals surface area contributed by atoms with Gasteiger partial charge in [0.2, 0.25) is 0 Å². The van der Waals surface area contributed by atoms with E-state index in [2.05, 4.69) is 34.6 Å². The molecular formula is C10H24OSi. The molecule has 0 aromatic heterocycles. The highest BCUT2D eigenvalue weighted by molar-refractivity contribution is 6.75. The standard InChI is InChI=1S/C10H24OSi/c1-6-7-8-12(11,9(2)3)10(4)5/h9-11H,6-8H2,1-5H3. The van der Waals surface area contributed by atoms with Crippen molar-refractivity contribution in [1.29, 1.82) is 0 Å². The first-order valence-electron chi connectivity index (χ1n) is 5.17. The van der Waals surface area contributed by atoms with Gasteiger partial charge in [-0.2, -0.15) is 0 Å². The van der Waals surface area contributed by atoms with Gasteiger partial charge in [0.15, 0.2) is 8.32 Å². The Morgan fingerprint density at radius 2 is 1.50 bits per heavy atom. The molecule has 12 heavy (non-hydrogen) atoms. The molecule has 0 atom stereocenters. The van der Waals surface area contributed by atoms with Crippen LogP contribution in [0.15, 0.2) is 0 Å². The smallest absolute Gasteiger partial charge is 0.193 e. The molecule has 2 heteroatoms. The summed E-state index contributed by atoms with van der Waals surface area (Å²) >= 11 is 0. The van der Waals surface area contributed by atoms with Crippen LogP contribution in [-0.2, 0) is 0 Å². The first-order chi connectivity index (χ1) is 5.45. The molecule has 0 aliphatic heterocycles. The summed E-state index contributed by atoms with van der Waals surface area (Å²) in [6.45, 7) is 10.9. The zero-order valence-corrected chi connectivity index (χ0v) is 10.2. The molecule has 0 spiro atoms. The Morgan fingerprint density at radius 1 is 1.08 bits per heavy atom. The fourth-order valence-corrected chi connectivity index (χ4v) is 5.11. The topological polar surface area (TPSA) is 20.2 Å². The van der Waals surface area contributed by atoms with Crippen LogP contribution in [0.1, 0.15) is 47.5 Å². The van der Waals surface area contributed by atoms with Crippen LogP contribution in [0, 0.1) is 0 Å². The van der Waals surface area contributed by atoms with Gasteiger partial charge < -0.3 is 4.80 Å². The van der Waals surface area contributed by atoms with E-state index in [1.165, 1.54) is 12.8 Å². The highest BCUT2D eigenvalue weighted by Crippen LogP contribution is 2.34. The number of rotatable bonds is 5. The Bertz CT molecular complexity index is 113. The van der Waals surface area contributed by atoms with Crippen LogP contribution < -0.4 is 0 Å². The lowest BCUT2D eigenvalue weighted by Crippen LogP contribution is -2.41. The molecule has 0 aliphatic carbocycles. The highest BCUT2D eigenvalue weighted by atomic mass is 28.4. The van der Waals surface area contributed by atoms with Gasteiger partial charge in [-0.25, -0.2) is 0 Å². The summed E-state index contributed by atoms with van der Waals surface area (Å²) in [6, 6.07) is 1.08. The summed E-state index contributed by atoms with van der Waals surface area (Å²) in [5.41, 5.74) is 1.01. The molecule has 1 nitrogen and oxygen atoms in total. The minimum Gasteiger partial charge on any atom is -0.431 e.